The molecule has 1 heterocycles. The van der Waals surface area contributed by atoms with E-state index in [0.29, 0.717) is 19.6 Å². The maximum atomic E-state index is 12.3. The average Bonchev–Trinajstić information content (AvgIpc) is 2.34. The van der Waals surface area contributed by atoms with Gasteiger partial charge in [0.1, 0.15) is 0 Å². The second kappa shape index (κ2) is 6.52. The van der Waals surface area contributed by atoms with Crippen LogP contribution in [0.4, 0.5) is 0 Å². The molecule has 1 rings (SSSR count). The van der Waals surface area contributed by atoms with Crippen molar-refractivity contribution in [2.75, 3.05) is 19.6 Å². The Morgan fingerprint density at radius 1 is 1.37 bits per heavy atom. The van der Waals surface area contributed by atoms with Crippen LogP contribution in [-0.4, -0.2) is 38.4 Å². The van der Waals surface area contributed by atoms with Crippen molar-refractivity contribution in [3.63, 3.8) is 0 Å². The SMILES string of the molecule is CC(CNS(=O)(=O)N1CCCCC1CN)C(C)(C)C. The van der Waals surface area contributed by atoms with Crippen molar-refractivity contribution in [1.82, 2.24) is 9.03 Å². The molecule has 0 aromatic heterocycles. The first kappa shape index (κ1) is 16.9. The molecule has 6 heteroatoms. The highest BCUT2D eigenvalue weighted by atomic mass is 32.2. The fourth-order valence-electron chi connectivity index (χ4n) is 2.15. The summed E-state index contributed by atoms with van der Waals surface area (Å²) in [5, 5.41) is 0. The number of nitrogens with two attached hydrogens (primary N) is 1. The molecular formula is C13H29N3O2S. The molecule has 0 aromatic carbocycles. The zero-order valence-electron chi connectivity index (χ0n) is 12.6. The topological polar surface area (TPSA) is 75.4 Å². The first-order valence-corrected chi connectivity index (χ1v) is 8.59. The van der Waals surface area contributed by atoms with E-state index in [1.54, 1.807) is 4.31 Å². The van der Waals surface area contributed by atoms with Crippen LogP contribution in [0, 0.1) is 11.3 Å². The Labute approximate surface area is 118 Å². The normalized spacial score (nSPS) is 24.4. The summed E-state index contributed by atoms with van der Waals surface area (Å²) >= 11 is 0. The Hall–Kier alpha value is -0.170. The van der Waals surface area contributed by atoms with Crippen LogP contribution in [-0.2, 0) is 10.2 Å². The summed E-state index contributed by atoms with van der Waals surface area (Å²) < 4.78 is 29.0. The van der Waals surface area contributed by atoms with Crippen molar-refractivity contribution in [2.24, 2.45) is 17.1 Å². The van der Waals surface area contributed by atoms with Gasteiger partial charge in [0.15, 0.2) is 0 Å². The number of piperidine rings is 1. The molecular weight excluding hydrogens is 262 g/mol. The first-order valence-electron chi connectivity index (χ1n) is 7.15. The molecule has 3 N–H and O–H groups in total. The Balaban J connectivity index is 2.65. The van der Waals surface area contributed by atoms with Gasteiger partial charge in [-0.15, -0.1) is 0 Å². The molecule has 1 saturated heterocycles. The number of rotatable bonds is 5. The molecule has 0 radical (unpaired) electrons. The van der Waals surface area contributed by atoms with Crippen LogP contribution in [0.5, 0.6) is 0 Å². The summed E-state index contributed by atoms with van der Waals surface area (Å²) in [5.74, 6) is 0.281. The monoisotopic (exact) mass is 291 g/mol. The Kier molecular flexibility index (Phi) is 5.79. The van der Waals surface area contributed by atoms with E-state index in [-0.39, 0.29) is 17.4 Å². The lowest BCUT2D eigenvalue weighted by Gasteiger charge is -2.35. The zero-order valence-corrected chi connectivity index (χ0v) is 13.5. The lowest BCUT2D eigenvalue weighted by Crippen LogP contribution is -2.52. The molecule has 1 fully saturated rings. The zero-order chi connectivity index (χ0) is 14.7. The Morgan fingerprint density at radius 3 is 2.53 bits per heavy atom. The highest BCUT2D eigenvalue weighted by Crippen LogP contribution is 2.25. The second-order valence-corrected chi connectivity index (χ2v) is 8.32. The van der Waals surface area contributed by atoms with E-state index < -0.39 is 10.2 Å². The summed E-state index contributed by atoms with van der Waals surface area (Å²) in [4.78, 5) is 0. The fourth-order valence-corrected chi connectivity index (χ4v) is 3.73. The van der Waals surface area contributed by atoms with Crippen molar-refractivity contribution in [3.8, 4) is 0 Å². The first-order chi connectivity index (χ1) is 8.68. The van der Waals surface area contributed by atoms with E-state index >= 15 is 0 Å². The van der Waals surface area contributed by atoms with E-state index in [4.69, 9.17) is 5.73 Å². The molecule has 5 nitrogen and oxygen atoms in total. The van der Waals surface area contributed by atoms with Gasteiger partial charge in [-0.3, -0.25) is 0 Å². The molecule has 0 amide bonds. The molecule has 0 bridgehead atoms. The highest BCUT2D eigenvalue weighted by molar-refractivity contribution is 7.87. The van der Waals surface area contributed by atoms with Crippen LogP contribution in [0.2, 0.25) is 0 Å². The number of hydrogen-bond donors (Lipinski definition) is 2. The van der Waals surface area contributed by atoms with Crippen molar-refractivity contribution in [3.05, 3.63) is 0 Å². The third kappa shape index (κ3) is 4.70. The van der Waals surface area contributed by atoms with Crippen LogP contribution in [0.1, 0.15) is 47.0 Å². The maximum absolute atomic E-state index is 12.3. The lowest BCUT2D eigenvalue weighted by atomic mass is 9.82. The number of hydrogen-bond acceptors (Lipinski definition) is 3. The van der Waals surface area contributed by atoms with Gasteiger partial charge in [0.05, 0.1) is 0 Å². The van der Waals surface area contributed by atoms with Gasteiger partial charge in [-0.25, -0.2) is 4.72 Å². The van der Waals surface area contributed by atoms with Crippen LogP contribution in [0.15, 0.2) is 0 Å². The largest absolute Gasteiger partial charge is 0.329 e. The third-order valence-electron chi connectivity index (χ3n) is 4.20. The predicted octanol–water partition coefficient (Wildman–Crippen LogP) is 1.32. The minimum absolute atomic E-state index is 0.0452. The molecule has 1 aliphatic rings. The van der Waals surface area contributed by atoms with Gasteiger partial charge in [-0.1, -0.05) is 34.1 Å². The Morgan fingerprint density at radius 2 is 2.00 bits per heavy atom. The lowest BCUT2D eigenvalue weighted by molar-refractivity contribution is 0.242. The standard InChI is InChI=1S/C13H29N3O2S/c1-11(13(2,3)4)10-15-19(17,18)16-8-6-5-7-12(16)9-14/h11-12,15H,5-10,14H2,1-4H3. The minimum atomic E-state index is -3.40. The quantitative estimate of drug-likeness (QED) is 0.802. The molecule has 1 aliphatic heterocycles. The van der Waals surface area contributed by atoms with Crippen molar-refractivity contribution >= 4 is 10.2 Å². The van der Waals surface area contributed by atoms with Gasteiger partial charge in [0, 0.05) is 25.7 Å². The molecule has 0 spiro atoms. The van der Waals surface area contributed by atoms with Crippen LogP contribution >= 0.6 is 0 Å². The number of nitrogens with zero attached hydrogens (tertiary/aromatic N) is 1. The molecule has 2 unspecified atom stereocenters. The molecule has 0 aromatic rings. The molecule has 19 heavy (non-hydrogen) atoms. The summed E-state index contributed by atoms with van der Waals surface area (Å²) in [6, 6.07) is -0.0452. The van der Waals surface area contributed by atoms with E-state index in [2.05, 4.69) is 32.4 Å². The van der Waals surface area contributed by atoms with Crippen LogP contribution in [0.25, 0.3) is 0 Å². The average molecular weight is 291 g/mol. The summed E-state index contributed by atoms with van der Waals surface area (Å²) in [7, 11) is -3.40. The van der Waals surface area contributed by atoms with Crippen LogP contribution in [0.3, 0.4) is 0 Å². The van der Waals surface area contributed by atoms with E-state index in [1.807, 2.05) is 0 Å². The smallest absolute Gasteiger partial charge is 0.279 e. The van der Waals surface area contributed by atoms with Gasteiger partial charge < -0.3 is 5.73 Å². The van der Waals surface area contributed by atoms with Gasteiger partial charge in [0.2, 0.25) is 0 Å². The van der Waals surface area contributed by atoms with Gasteiger partial charge in [-0.2, -0.15) is 12.7 Å². The summed E-state index contributed by atoms with van der Waals surface area (Å²) in [5.41, 5.74) is 5.78. The van der Waals surface area contributed by atoms with Crippen molar-refractivity contribution in [1.29, 1.82) is 0 Å². The summed E-state index contributed by atoms with van der Waals surface area (Å²) in [6.45, 7) is 9.89. The van der Waals surface area contributed by atoms with Crippen molar-refractivity contribution in [2.45, 2.75) is 53.0 Å². The molecule has 2 atom stereocenters. The van der Waals surface area contributed by atoms with E-state index in [9.17, 15) is 8.42 Å². The van der Waals surface area contributed by atoms with Crippen molar-refractivity contribution < 1.29 is 8.42 Å². The minimum Gasteiger partial charge on any atom is -0.329 e. The Bertz CT molecular complexity index is 376. The number of nitrogens with one attached hydrogen (secondary N) is 1. The van der Waals surface area contributed by atoms with Gasteiger partial charge in [0.25, 0.3) is 10.2 Å². The molecule has 0 saturated carbocycles. The van der Waals surface area contributed by atoms with Gasteiger partial charge in [-0.05, 0) is 24.2 Å². The predicted molar refractivity (Wildman–Crippen MR) is 78.9 cm³/mol. The van der Waals surface area contributed by atoms with E-state index in [0.717, 1.165) is 19.3 Å². The fraction of sp³-hybridized carbons (Fsp3) is 1.00. The highest BCUT2D eigenvalue weighted by Gasteiger charge is 2.32. The second-order valence-electron chi connectivity index (χ2n) is 6.62. The molecule has 0 aliphatic carbocycles. The van der Waals surface area contributed by atoms with Crippen LogP contribution < -0.4 is 10.5 Å². The molecule has 114 valence electrons. The van der Waals surface area contributed by atoms with Gasteiger partial charge >= 0.3 is 0 Å². The summed E-state index contributed by atoms with van der Waals surface area (Å²) in [6.07, 6.45) is 2.85. The third-order valence-corrected chi connectivity index (χ3v) is 5.83. The maximum Gasteiger partial charge on any atom is 0.279 e. The van der Waals surface area contributed by atoms with E-state index in [1.165, 1.54) is 0 Å².